The molecular formula is C5H9N3O3. The largest absolute Gasteiger partial charge is 0.495 e. The minimum absolute atomic E-state index is 0.356. The summed E-state index contributed by atoms with van der Waals surface area (Å²) in [6.07, 6.45) is 0.931. The maximum Gasteiger partial charge on any atom is 0.252 e. The van der Waals surface area contributed by atoms with E-state index < -0.39 is 18.3 Å². The summed E-state index contributed by atoms with van der Waals surface area (Å²) in [6.45, 7) is -0.503. The number of rotatable bonds is 1. The number of nitrogens with one attached hydrogen (secondary N) is 2. The maximum atomic E-state index is 10.7. The number of hydrogen-bond acceptors (Lipinski definition) is 5. The molecular weight excluding hydrogens is 150 g/mol. The van der Waals surface area contributed by atoms with E-state index in [9.17, 15) is 4.79 Å². The zero-order valence-electron chi connectivity index (χ0n) is 5.66. The van der Waals surface area contributed by atoms with Gasteiger partial charge in [0.1, 0.15) is 0 Å². The van der Waals surface area contributed by atoms with E-state index in [1.807, 2.05) is 0 Å². The van der Waals surface area contributed by atoms with Gasteiger partial charge in [-0.25, -0.2) is 0 Å². The summed E-state index contributed by atoms with van der Waals surface area (Å²) in [7, 11) is 0. The lowest BCUT2D eigenvalue weighted by Crippen LogP contribution is -2.69. The number of aliphatic hydroxyl groups excluding tert-OH is 2. The lowest BCUT2D eigenvalue weighted by Gasteiger charge is -2.32. The maximum absolute atomic E-state index is 10.7. The lowest BCUT2D eigenvalue weighted by molar-refractivity contribution is -0.120. The average molecular weight is 159 g/mol. The predicted octanol–water partition coefficient (Wildman–Crippen LogP) is -2.29. The van der Waals surface area contributed by atoms with Gasteiger partial charge in [0, 0.05) is 0 Å². The molecule has 0 aromatic rings. The van der Waals surface area contributed by atoms with Crippen LogP contribution in [0.25, 0.3) is 0 Å². The molecule has 0 aliphatic carbocycles. The summed E-state index contributed by atoms with van der Waals surface area (Å²) in [6, 6.07) is 0. The number of aliphatic hydroxyl groups is 2. The van der Waals surface area contributed by atoms with E-state index in [1.54, 1.807) is 0 Å². The van der Waals surface area contributed by atoms with Crippen molar-refractivity contribution in [2.45, 2.75) is 5.79 Å². The van der Waals surface area contributed by atoms with Crippen LogP contribution in [0.5, 0.6) is 0 Å². The monoisotopic (exact) mass is 159 g/mol. The first-order valence-electron chi connectivity index (χ1n) is 2.96. The SMILES string of the molecule is NC1(CO)NC(=O)C=C(O)N1. The molecule has 6 heteroatoms. The fourth-order valence-electron chi connectivity index (χ4n) is 0.755. The van der Waals surface area contributed by atoms with Crippen molar-refractivity contribution in [3.8, 4) is 0 Å². The van der Waals surface area contributed by atoms with E-state index in [0.29, 0.717) is 0 Å². The number of amides is 1. The molecule has 0 saturated carbocycles. The van der Waals surface area contributed by atoms with E-state index in [0.717, 1.165) is 6.08 Å². The Morgan fingerprint density at radius 3 is 2.73 bits per heavy atom. The normalized spacial score (nSPS) is 30.4. The summed E-state index contributed by atoms with van der Waals surface area (Å²) in [5.41, 5.74) is 5.35. The smallest absolute Gasteiger partial charge is 0.252 e. The minimum Gasteiger partial charge on any atom is -0.495 e. The third-order valence-electron chi connectivity index (χ3n) is 1.21. The van der Waals surface area contributed by atoms with Crippen molar-refractivity contribution in [1.82, 2.24) is 10.6 Å². The number of carbonyl (C=O) groups is 1. The second-order valence-corrected chi connectivity index (χ2v) is 2.27. The highest BCUT2D eigenvalue weighted by Gasteiger charge is 2.29. The molecule has 1 rings (SSSR count). The first-order valence-corrected chi connectivity index (χ1v) is 2.96. The molecule has 0 saturated heterocycles. The van der Waals surface area contributed by atoms with Gasteiger partial charge in [0.2, 0.25) is 0 Å². The Morgan fingerprint density at radius 1 is 1.64 bits per heavy atom. The van der Waals surface area contributed by atoms with Crippen LogP contribution in [0.15, 0.2) is 12.0 Å². The first-order chi connectivity index (χ1) is 5.06. The van der Waals surface area contributed by atoms with Crippen LogP contribution in [0, 0.1) is 0 Å². The Bertz CT molecular complexity index is 215. The van der Waals surface area contributed by atoms with Gasteiger partial charge in [-0.1, -0.05) is 0 Å². The number of carbonyl (C=O) groups excluding carboxylic acids is 1. The molecule has 0 aromatic heterocycles. The number of hydrogen-bond donors (Lipinski definition) is 5. The van der Waals surface area contributed by atoms with Gasteiger partial charge in [0.05, 0.1) is 12.7 Å². The van der Waals surface area contributed by atoms with Gasteiger partial charge in [0.15, 0.2) is 11.7 Å². The van der Waals surface area contributed by atoms with Crippen LogP contribution in [0.2, 0.25) is 0 Å². The third kappa shape index (κ3) is 1.60. The topological polar surface area (TPSA) is 108 Å². The summed E-state index contributed by atoms with van der Waals surface area (Å²) in [4.78, 5) is 10.7. The van der Waals surface area contributed by atoms with Crippen LogP contribution in [0.1, 0.15) is 0 Å². The fraction of sp³-hybridized carbons (Fsp3) is 0.400. The molecule has 0 bridgehead atoms. The molecule has 1 unspecified atom stereocenters. The van der Waals surface area contributed by atoms with Gasteiger partial charge in [-0.2, -0.15) is 0 Å². The summed E-state index contributed by atoms with van der Waals surface area (Å²) < 4.78 is 0. The van der Waals surface area contributed by atoms with Crippen LogP contribution >= 0.6 is 0 Å². The molecule has 0 radical (unpaired) electrons. The van der Waals surface area contributed by atoms with Crippen molar-refractivity contribution in [3.05, 3.63) is 12.0 Å². The number of nitrogens with two attached hydrogens (primary N) is 1. The van der Waals surface area contributed by atoms with E-state index in [1.165, 1.54) is 0 Å². The molecule has 0 fully saturated rings. The minimum atomic E-state index is -1.45. The van der Waals surface area contributed by atoms with Crippen LogP contribution in [0.3, 0.4) is 0 Å². The van der Waals surface area contributed by atoms with E-state index in [2.05, 4.69) is 10.6 Å². The Balaban J connectivity index is 2.79. The van der Waals surface area contributed by atoms with Crippen LogP contribution in [0.4, 0.5) is 0 Å². The molecule has 1 heterocycles. The molecule has 1 atom stereocenters. The third-order valence-corrected chi connectivity index (χ3v) is 1.21. The standard InChI is InChI=1S/C5H9N3O3/c6-5(2-9)7-3(10)1-4(11)8-5/h1,7,9-10H,2,6H2,(H,8,11). The highest BCUT2D eigenvalue weighted by atomic mass is 16.3. The van der Waals surface area contributed by atoms with Crippen LogP contribution < -0.4 is 16.4 Å². The second kappa shape index (κ2) is 2.40. The summed E-state index contributed by atoms with van der Waals surface area (Å²) >= 11 is 0. The molecule has 1 amide bonds. The zero-order valence-corrected chi connectivity index (χ0v) is 5.66. The van der Waals surface area contributed by atoms with Gasteiger partial charge < -0.3 is 20.8 Å². The van der Waals surface area contributed by atoms with Gasteiger partial charge in [-0.05, 0) is 0 Å². The van der Waals surface area contributed by atoms with Crippen molar-refractivity contribution in [2.24, 2.45) is 5.73 Å². The van der Waals surface area contributed by atoms with Crippen molar-refractivity contribution in [2.75, 3.05) is 6.61 Å². The van der Waals surface area contributed by atoms with E-state index >= 15 is 0 Å². The van der Waals surface area contributed by atoms with Gasteiger partial charge in [-0.15, -0.1) is 0 Å². The average Bonchev–Trinajstić information content (AvgIpc) is 1.84. The van der Waals surface area contributed by atoms with Crippen molar-refractivity contribution < 1.29 is 15.0 Å². The van der Waals surface area contributed by atoms with Gasteiger partial charge >= 0.3 is 0 Å². The quantitative estimate of drug-likeness (QED) is 0.296. The molecule has 11 heavy (non-hydrogen) atoms. The van der Waals surface area contributed by atoms with Crippen molar-refractivity contribution >= 4 is 5.91 Å². The summed E-state index contributed by atoms with van der Waals surface area (Å²) in [5, 5.41) is 22.0. The molecule has 0 aromatic carbocycles. The van der Waals surface area contributed by atoms with Gasteiger partial charge in [-0.3, -0.25) is 10.5 Å². The first kappa shape index (κ1) is 7.83. The van der Waals surface area contributed by atoms with E-state index in [-0.39, 0.29) is 5.88 Å². The molecule has 1 aliphatic rings. The van der Waals surface area contributed by atoms with Crippen LogP contribution in [-0.4, -0.2) is 28.5 Å². The summed E-state index contributed by atoms with van der Waals surface area (Å²) in [5.74, 6) is -2.35. The van der Waals surface area contributed by atoms with Gasteiger partial charge in [0.25, 0.3) is 5.91 Å². The molecule has 62 valence electrons. The molecule has 6 N–H and O–H groups in total. The van der Waals surface area contributed by atoms with Crippen molar-refractivity contribution in [3.63, 3.8) is 0 Å². The molecule has 1 aliphatic heterocycles. The van der Waals surface area contributed by atoms with Crippen molar-refractivity contribution in [1.29, 1.82) is 0 Å². The Morgan fingerprint density at radius 2 is 2.27 bits per heavy atom. The zero-order chi connectivity index (χ0) is 8.48. The fourth-order valence-corrected chi connectivity index (χ4v) is 0.755. The lowest BCUT2D eigenvalue weighted by atomic mass is 10.3. The van der Waals surface area contributed by atoms with E-state index in [4.69, 9.17) is 15.9 Å². The Hall–Kier alpha value is -1.27. The predicted molar refractivity (Wildman–Crippen MR) is 36.0 cm³/mol. The molecule has 0 spiro atoms. The Kier molecular flexibility index (Phi) is 1.71. The van der Waals surface area contributed by atoms with Crippen LogP contribution in [-0.2, 0) is 4.79 Å². The second-order valence-electron chi connectivity index (χ2n) is 2.27. The highest BCUT2D eigenvalue weighted by molar-refractivity contribution is 5.89. The molecule has 6 nitrogen and oxygen atoms in total. The Labute approximate surface area is 62.7 Å². The highest BCUT2D eigenvalue weighted by Crippen LogP contribution is 1.99.